The summed E-state index contributed by atoms with van der Waals surface area (Å²) in [6.45, 7) is 8.92. The van der Waals surface area contributed by atoms with E-state index in [2.05, 4.69) is 90.1 Å². The van der Waals surface area contributed by atoms with E-state index < -0.39 is 0 Å². The summed E-state index contributed by atoms with van der Waals surface area (Å²) in [5.74, 6) is 2.31. The zero-order valence-electron chi connectivity index (χ0n) is 30.3. The van der Waals surface area contributed by atoms with Crippen LogP contribution < -0.4 is 33.9 Å². The highest BCUT2D eigenvalue weighted by Crippen LogP contribution is 2.36. The number of pyridine rings is 2. The molecule has 0 atom stereocenters. The molecule has 10 heteroatoms. The minimum Gasteiger partial charge on any atom is -1.00 e. The molecule has 0 unspecified atom stereocenters. The number of rotatable bonds is 7. The van der Waals surface area contributed by atoms with Crippen LogP contribution in [0.25, 0.3) is 65.2 Å². The minimum atomic E-state index is 0. The van der Waals surface area contributed by atoms with E-state index in [1.54, 1.807) is 12.1 Å². The average molecular weight is 762 g/mol. The molecular weight excluding hydrogens is 715 g/mol. The van der Waals surface area contributed by atoms with Crippen LogP contribution in [-0.2, 0) is 13.1 Å². The third-order valence-electron chi connectivity index (χ3n) is 12.4. The summed E-state index contributed by atoms with van der Waals surface area (Å²) in [7, 11) is 0. The average Bonchev–Trinajstić information content (AvgIpc) is 3.74. The standard InChI is InChI=1S/C44H44N6O2.2ClH/c51-33-3-7-39-35(25-33)43-37-27-49(19-13-31(37)1-5-41(43)45-39)23-21-47-15-9-29(10-16-47)30-11-17-48(18-12-30)22-24-50-20-14-32-2-6-42-44(38(32)28-50)36-26-34(52)4-8-40(36)46-42;;/h1-8,13-14,19-20,25-30,51-52H,9-12,15-18,21-24H2;2*1H. The molecule has 2 aliphatic heterocycles. The maximum atomic E-state index is 10.2. The number of aromatic nitrogens is 4. The number of fused-ring (bicyclic) bond motifs is 10. The van der Waals surface area contributed by atoms with E-state index in [-0.39, 0.29) is 24.8 Å². The van der Waals surface area contributed by atoms with Gasteiger partial charge in [0.1, 0.15) is 11.5 Å². The molecule has 8 aromatic rings. The lowest BCUT2D eigenvalue weighted by Gasteiger charge is -2.39. The Morgan fingerprint density at radius 3 is 1.35 bits per heavy atom. The first kappa shape index (κ1) is 36.4. The first-order valence-electron chi connectivity index (χ1n) is 19.1. The van der Waals surface area contributed by atoms with Gasteiger partial charge in [0.25, 0.3) is 0 Å². The summed E-state index contributed by atoms with van der Waals surface area (Å²) in [4.78, 5) is 12.4. The Morgan fingerprint density at radius 2 is 0.926 bits per heavy atom. The lowest BCUT2D eigenvalue weighted by molar-refractivity contribution is -0.695. The van der Waals surface area contributed by atoms with Crippen molar-refractivity contribution in [3.05, 3.63) is 97.6 Å². The molecule has 0 bridgehead atoms. The van der Waals surface area contributed by atoms with Gasteiger partial charge in [-0.2, -0.15) is 0 Å². The van der Waals surface area contributed by atoms with Gasteiger partial charge in [-0.15, -0.1) is 0 Å². The topological polar surface area (TPSA) is 86.3 Å². The van der Waals surface area contributed by atoms with Crippen LogP contribution in [0.15, 0.2) is 97.6 Å². The highest BCUT2D eigenvalue weighted by Gasteiger charge is 2.30. The maximum Gasteiger partial charge on any atom is 0.177 e. The summed E-state index contributed by atoms with van der Waals surface area (Å²) in [5.41, 5.74) is 4.33. The number of benzene rings is 4. The van der Waals surface area contributed by atoms with Gasteiger partial charge in [0.15, 0.2) is 37.9 Å². The van der Waals surface area contributed by atoms with Gasteiger partial charge in [-0.25, -0.2) is 9.13 Å². The Bertz CT molecular complexity index is 2440. The maximum absolute atomic E-state index is 10.2. The van der Waals surface area contributed by atoms with Crippen molar-refractivity contribution in [2.75, 3.05) is 39.3 Å². The summed E-state index contributed by atoms with van der Waals surface area (Å²) in [5, 5.41) is 29.8. The summed E-state index contributed by atoms with van der Waals surface area (Å²) in [6, 6.07) is 24.3. The van der Waals surface area contributed by atoms with Gasteiger partial charge in [-0.3, -0.25) is 9.80 Å². The number of phenols is 2. The predicted octanol–water partition coefficient (Wildman–Crippen LogP) is 1.38. The molecule has 6 heterocycles. The molecule has 0 radical (unpaired) electrons. The van der Waals surface area contributed by atoms with E-state index in [0.717, 1.165) is 70.9 Å². The van der Waals surface area contributed by atoms with Crippen LogP contribution in [0, 0.1) is 11.8 Å². The van der Waals surface area contributed by atoms with Crippen molar-refractivity contribution in [2.45, 2.75) is 38.8 Å². The number of nitrogens with zero attached hydrogens (tertiary/aromatic N) is 4. The van der Waals surface area contributed by atoms with Crippen LogP contribution in [0.5, 0.6) is 11.5 Å². The molecule has 0 spiro atoms. The van der Waals surface area contributed by atoms with Crippen LogP contribution in [0.2, 0.25) is 0 Å². The fourth-order valence-corrected chi connectivity index (χ4v) is 9.47. The van der Waals surface area contributed by atoms with Crippen LogP contribution in [0.4, 0.5) is 0 Å². The Hall–Kier alpha value is -4.60. The lowest BCUT2D eigenvalue weighted by atomic mass is 9.79. The van der Waals surface area contributed by atoms with Crippen LogP contribution in [0.1, 0.15) is 25.7 Å². The molecule has 8 nitrogen and oxygen atoms in total. The lowest BCUT2D eigenvalue weighted by Crippen LogP contribution is -3.00. The predicted molar refractivity (Wildman–Crippen MR) is 209 cm³/mol. The molecule has 2 fully saturated rings. The SMILES string of the molecule is Oc1ccc2[nH]c3ccc4cc[n+](CCN5CCC(C6CCN(CC[n+]7ccc8ccc9[nH]c%10ccc(O)cc%10c9c8c7)CC6)CC5)cc4c3c2c1.[Cl-].[Cl-]. The zero-order chi connectivity index (χ0) is 34.8. The van der Waals surface area contributed by atoms with Gasteiger partial charge in [-0.1, -0.05) is 12.1 Å². The van der Waals surface area contributed by atoms with Crippen molar-refractivity contribution in [3.63, 3.8) is 0 Å². The van der Waals surface area contributed by atoms with E-state index in [1.807, 2.05) is 24.3 Å². The van der Waals surface area contributed by atoms with Gasteiger partial charge in [0, 0.05) is 55.7 Å². The summed E-state index contributed by atoms with van der Waals surface area (Å²) >= 11 is 0. The number of phenolic OH excluding ortho intramolecular Hbond substituents is 2. The van der Waals surface area contributed by atoms with Crippen molar-refractivity contribution in [2.24, 2.45) is 11.8 Å². The fourth-order valence-electron chi connectivity index (χ4n) is 9.47. The summed E-state index contributed by atoms with van der Waals surface area (Å²) < 4.78 is 4.69. The molecular formula is C44H46Cl2N6O2. The quantitative estimate of drug-likeness (QED) is 0.185. The Labute approximate surface area is 326 Å². The van der Waals surface area contributed by atoms with Gasteiger partial charge in [-0.05, 0) is 123 Å². The Kier molecular flexibility index (Phi) is 10.0. The smallest absolute Gasteiger partial charge is 0.177 e. The molecule has 54 heavy (non-hydrogen) atoms. The van der Waals surface area contributed by atoms with Gasteiger partial charge >= 0.3 is 0 Å². The number of halogens is 2. The second kappa shape index (κ2) is 14.9. The van der Waals surface area contributed by atoms with Gasteiger partial charge in [0.2, 0.25) is 0 Å². The van der Waals surface area contributed by atoms with Crippen molar-refractivity contribution >= 4 is 65.2 Å². The number of hydrogen-bond acceptors (Lipinski definition) is 4. The molecule has 0 aliphatic carbocycles. The molecule has 4 aromatic carbocycles. The van der Waals surface area contributed by atoms with Crippen LogP contribution >= 0.6 is 0 Å². The van der Waals surface area contributed by atoms with Crippen LogP contribution in [0.3, 0.4) is 0 Å². The first-order chi connectivity index (χ1) is 25.5. The Balaban J connectivity index is 0.00000207. The molecule has 0 saturated carbocycles. The fraction of sp³-hybridized carbons (Fsp3) is 0.318. The minimum absolute atomic E-state index is 0. The second-order valence-electron chi connectivity index (χ2n) is 15.4. The Morgan fingerprint density at radius 1 is 0.519 bits per heavy atom. The van der Waals surface area contributed by atoms with Crippen LogP contribution in [-0.4, -0.2) is 69.2 Å². The first-order valence-corrected chi connectivity index (χ1v) is 19.1. The molecule has 2 aliphatic rings. The normalized spacial score (nSPS) is 16.5. The highest BCUT2D eigenvalue weighted by atomic mass is 35.5. The van der Waals surface area contributed by atoms with E-state index in [0.29, 0.717) is 11.5 Å². The van der Waals surface area contributed by atoms with E-state index in [9.17, 15) is 10.2 Å². The van der Waals surface area contributed by atoms with Crippen molar-refractivity contribution in [1.82, 2.24) is 19.8 Å². The number of nitrogens with one attached hydrogen (secondary N) is 2. The highest BCUT2D eigenvalue weighted by molar-refractivity contribution is 6.21. The van der Waals surface area contributed by atoms with Crippen molar-refractivity contribution in [1.29, 1.82) is 0 Å². The zero-order valence-corrected chi connectivity index (χ0v) is 31.8. The van der Waals surface area contributed by atoms with E-state index in [1.165, 1.54) is 84.2 Å². The number of likely N-dealkylation sites (tertiary alicyclic amines) is 2. The summed E-state index contributed by atoms with van der Waals surface area (Å²) in [6.07, 6.45) is 14.3. The van der Waals surface area contributed by atoms with Crippen molar-refractivity contribution in [3.8, 4) is 11.5 Å². The van der Waals surface area contributed by atoms with Gasteiger partial charge < -0.3 is 45.0 Å². The van der Waals surface area contributed by atoms with E-state index in [4.69, 9.17) is 0 Å². The monoisotopic (exact) mass is 760 g/mol. The van der Waals surface area contributed by atoms with Crippen molar-refractivity contribution < 1.29 is 44.2 Å². The number of aromatic hydroxyl groups is 2. The largest absolute Gasteiger partial charge is 1.00 e. The molecule has 278 valence electrons. The molecule has 2 saturated heterocycles. The number of piperidine rings is 2. The molecule has 10 rings (SSSR count). The third kappa shape index (κ3) is 6.70. The molecule has 4 N–H and O–H groups in total. The van der Waals surface area contributed by atoms with Gasteiger partial charge in [0.05, 0.1) is 23.9 Å². The number of H-pyrrole nitrogens is 2. The third-order valence-corrected chi connectivity index (χ3v) is 12.4. The number of hydrogen-bond donors (Lipinski definition) is 4. The second-order valence-corrected chi connectivity index (χ2v) is 15.4. The molecule has 0 amide bonds. The number of aromatic amines is 2. The van der Waals surface area contributed by atoms with E-state index >= 15 is 0 Å². The molecule has 4 aromatic heterocycles.